The summed E-state index contributed by atoms with van der Waals surface area (Å²) < 4.78 is 20.1. The Balaban J connectivity index is 1.75. The van der Waals surface area contributed by atoms with Crippen molar-refractivity contribution in [3.8, 4) is 5.75 Å². The van der Waals surface area contributed by atoms with Gasteiger partial charge in [-0.25, -0.2) is 9.37 Å². The fraction of sp³-hybridized carbons (Fsp3) is 0.192. The number of pyridine rings is 1. The smallest absolute Gasteiger partial charge is 0.167 e. The highest BCUT2D eigenvalue weighted by Gasteiger charge is 2.19. The Labute approximate surface area is 197 Å². The van der Waals surface area contributed by atoms with Crippen LogP contribution in [0.1, 0.15) is 36.1 Å². The zero-order valence-electron chi connectivity index (χ0n) is 17.8. The van der Waals surface area contributed by atoms with Crippen LogP contribution < -0.4 is 10.1 Å². The average Bonchev–Trinajstić information content (AvgIpc) is 3.01. The number of nitrogens with one attached hydrogen (secondary N) is 1. The molecule has 0 unspecified atom stereocenters. The topological polar surface area (TPSA) is 34.1 Å². The molecule has 2 aromatic carbocycles. The molecule has 1 aromatic heterocycles. The number of nitrogens with zero attached hydrogens (tertiary/aromatic N) is 1. The van der Waals surface area contributed by atoms with Crippen LogP contribution >= 0.6 is 23.2 Å². The fourth-order valence-electron chi connectivity index (χ4n) is 3.64. The van der Waals surface area contributed by atoms with Gasteiger partial charge >= 0.3 is 0 Å². The predicted octanol–water partition coefficient (Wildman–Crippen LogP) is 7.77. The Kier molecular flexibility index (Phi) is 6.83. The molecule has 4 rings (SSSR count). The van der Waals surface area contributed by atoms with Crippen molar-refractivity contribution >= 4 is 40.8 Å². The molecule has 0 atom stereocenters. The number of aromatic nitrogens is 1. The van der Waals surface area contributed by atoms with Gasteiger partial charge in [0.2, 0.25) is 0 Å². The molecule has 1 N–H and O–H groups in total. The standard InChI is InChI=1S/C26H23Cl2FN2O/c1-16(2)32-24-13-12-19(15-23(24)29)30-26-22(14-17-8-10-18(27)11-9-17)20-6-4-3-5-7-21(20)25(28)31-26/h3-5,7-13,15-16H,6,14H2,1-2H3,(H,30,31). The summed E-state index contributed by atoms with van der Waals surface area (Å²) in [4.78, 5) is 4.63. The minimum Gasteiger partial charge on any atom is -0.488 e. The quantitative estimate of drug-likeness (QED) is 0.375. The fourth-order valence-corrected chi connectivity index (χ4v) is 4.03. The maximum absolute atomic E-state index is 14.6. The van der Waals surface area contributed by atoms with Gasteiger partial charge < -0.3 is 10.1 Å². The van der Waals surface area contributed by atoms with E-state index in [1.807, 2.05) is 56.3 Å². The van der Waals surface area contributed by atoms with Crippen LogP contribution in [-0.2, 0) is 12.8 Å². The number of hydrogen-bond acceptors (Lipinski definition) is 3. The lowest BCUT2D eigenvalue weighted by atomic mass is 9.95. The summed E-state index contributed by atoms with van der Waals surface area (Å²) in [5, 5.41) is 4.36. The molecule has 0 saturated heterocycles. The third kappa shape index (κ3) is 5.14. The van der Waals surface area contributed by atoms with E-state index in [9.17, 15) is 4.39 Å². The van der Waals surface area contributed by atoms with E-state index < -0.39 is 5.82 Å². The summed E-state index contributed by atoms with van der Waals surface area (Å²) in [6.07, 6.45) is 9.26. The van der Waals surface area contributed by atoms with E-state index in [0.29, 0.717) is 28.1 Å². The van der Waals surface area contributed by atoms with Crippen molar-refractivity contribution in [3.63, 3.8) is 0 Å². The van der Waals surface area contributed by atoms with Gasteiger partial charge in [0.25, 0.3) is 0 Å². The van der Waals surface area contributed by atoms with E-state index in [0.717, 1.165) is 28.7 Å². The molecule has 6 heteroatoms. The van der Waals surface area contributed by atoms with Crippen molar-refractivity contribution in [2.45, 2.75) is 32.8 Å². The molecular formula is C26H23Cl2FN2O. The van der Waals surface area contributed by atoms with E-state index in [-0.39, 0.29) is 11.9 Å². The molecule has 32 heavy (non-hydrogen) atoms. The summed E-state index contributed by atoms with van der Waals surface area (Å²) in [6, 6.07) is 12.5. The molecule has 3 aromatic rings. The number of halogens is 3. The van der Waals surface area contributed by atoms with Gasteiger partial charge in [-0.1, -0.05) is 59.6 Å². The van der Waals surface area contributed by atoms with Crippen molar-refractivity contribution in [1.82, 2.24) is 4.98 Å². The third-order valence-electron chi connectivity index (χ3n) is 5.09. The van der Waals surface area contributed by atoms with Gasteiger partial charge in [-0.2, -0.15) is 0 Å². The van der Waals surface area contributed by atoms with Crippen LogP contribution in [0.25, 0.3) is 6.08 Å². The minimum absolute atomic E-state index is 0.111. The Hall–Kier alpha value is -2.82. The maximum Gasteiger partial charge on any atom is 0.167 e. The second kappa shape index (κ2) is 9.76. The Morgan fingerprint density at radius 2 is 1.88 bits per heavy atom. The van der Waals surface area contributed by atoms with Crippen LogP contribution in [0.3, 0.4) is 0 Å². The first-order valence-electron chi connectivity index (χ1n) is 10.4. The zero-order chi connectivity index (χ0) is 22.7. The van der Waals surface area contributed by atoms with Crippen LogP contribution in [0.15, 0.2) is 60.7 Å². The largest absolute Gasteiger partial charge is 0.488 e. The summed E-state index contributed by atoms with van der Waals surface area (Å²) in [5.41, 5.74) is 4.66. The van der Waals surface area contributed by atoms with Gasteiger partial charge in [-0.3, -0.25) is 0 Å². The molecule has 0 bridgehead atoms. The number of anilines is 2. The third-order valence-corrected chi connectivity index (χ3v) is 5.63. The first-order valence-corrected chi connectivity index (χ1v) is 11.2. The van der Waals surface area contributed by atoms with Crippen molar-refractivity contribution in [2.24, 2.45) is 0 Å². The number of ether oxygens (including phenoxy) is 1. The second-order valence-electron chi connectivity index (χ2n) is 7.85. The number of benzene rings is 2. The number of allylic oxidation sites excluding steroid dienone is 3. The molecule has 1 aliphatic carbocycles. The lowest BCUT2D eigenvalue weighted by Gasteiger charge is -2.19. The Bertz CT molecular complexity index is 1190. The monoisotopic (exact) mass is 468 g/mol. The molecule has 0 spiro atoms. The SMILES string of the molecule is CC(C)Oc1ccc(Nc2nc(Cl)c3c(c2Cc2ccc(Cl)cc2)CC=CC=C3)cc1F. The molecule has 0 amide bonds. The summed E-state index contributed by atoms with van der Waals surface area (Å²) in [7, 11) is 0. The van der Waals surface area contributed by atoms with Crippen LogP contribution in [0, 0.1) is 5.82 Å². The molecule has 0 fully saturated rings. The normalized spacial score (nSPS) is 12.6. The lowest BCUT2D eigenvalue weighted by molar-refractivity contribution is 0.231. The van der Waals surface area contributed by atoms with E-state index in [1.165, 1.54) is 6.07 Å². The summed E-state index contributed by atoms with van der Waals surface area (Å²) in [5.74, 6) is 0.383. The molecular weight excluding hydrogens is 446 g/mol. The Morgan fingerprint density at radius 1 is 1.09 bits per heavy atom. The molecule has 3 nitrogen and oxygen atoms in total. The van der Waals surface area contributed by atoms with E-state index in [1.54, 1.807) is 12.1 Å². The number of fused-ring (bicyclic) bond motifs is 1. The highest BCUT2D eigenvalue weighted by Crippen LogP contribution is 2.34. The van der Waals surface area contributed by atoms with Gasteiger partial charge in [0, 0.05) is 34.3 Å². The van der Waals surface area contributed by atoms with Crippen LogP contribution in [0.5, 0.6) is 5.75 Å². The highest BCUT2D eigenvalue weighted by molar-refractivity contribution is 6.31. The average molecular weight is 469 g/mol. The molecule has 164 valence electrons. The zero-order valence-corrected chi connectivity index (χ0v) is 19.3. The number of hydrogen-bond donors (Lipinski definition) is 1. The number of rotatable bonds is 6. The van der Waals surface area contributed by atoms with Gasteiger partial charge in [0.1, 0.15) is 11.0 Å². The van der Waals surface area contributed by atoms with Crippen molar-refractivity contribution < 1.29 is 9.13 Å². The summed E-state index contributed by atoms with van der Waals surface area (Å²) in [6.45, 7) is 3.72. The molecule has 1 aliphatic rings. The molecule has 0 aliphatic heterocycles. The first-order chi connectivity index (χ1) is 15.4. The minimum atomic E-state index is -0.435. The first kappa shape index (κ1) is 22.4. The van der Waals surface area contributed by atoms with E-state index in [2.05, 4.69) is 16.4 Å². The van der Waals surface area contributed by atoms with Crippen LogP contribution in [-0.4, -0.2) is 11.1 Å². The molecule has 0 radical (unpaired) electrons. The molecule has 0 saturated carbocycles. The van der Waals surface area contributed by atoms with Gasteiger partial charge in [0.15, 0.2) is 11.6 Å². The predicted molar refractivity (Wildman–Crippen MR) is 131 cm³/mol. The van der Waals surface area contributed by atoms with Crippen molar-refractivity contribution in [3.05, 3.63) is 98.9 Å². The molecule has 1 heterocycles. The van der Waals surface area contributed by atoms with E-state index in [4.69, 9.17) is 27.9 Å². The van der Waals surface area contributed by atoms with Crippen LogP contribution in [0.4, 0.5) is 15.9 Å². The van der Waals surface area contributed by atoms with Gasteiger partial charge in [0.05, 0.1) is 6.10 Å². The van der Waals surface area contributed by atoms with Crippen molar-refractivity contribution in [1.29, 1.82) is 0 Å². The highest BCUT2D eigenvalue weighted by atomic mass is 35.5. The maximum atomic E-state index is 14.6. The second-order valence-corrected chi connectivity index (χ2v) is 8.65. The Morgan fingerprint density at radius 3 is 2.59 bits per heavy atom. The van der Waals surface area contributed by atoms with Gasteiger partial charge in [-0.15, -0.1) is 0 Å². The lowest BCUT2D eigenvalue weighted by Crippen LogP contribution is -2.08. The van der Waals surface area contributed by atoms with Crippen LogP contribution in [0.2, 0.25) is 10.2 Å². The van der Waals surface area contributed by atoms with Crippen molar-refractivity contribution in [2.75, 3.05) is 5.32 Å². The summed E-state index contributed by atoms with van der Waals surface area (Å²) >= 11 is 12.6. The van der Waals surface area contributed by atoms with Gasteiger partial charge in [-0.05, 0) is 55.7 Å². The van der Waals surface area contributed by atoms with E-state index >= 15 is 0 Å².